The zero-order chi connectivity index (χ0) is 28.1. The van der Waals surface area contributed by atoms with Gasteiger partial charge in [-0.25, -0.2) is 9.40 Å². The van der Waals surface area contributed by atoms with Gasteiger partial charge >= 0.3 is 6.43 Å². The van der Waals surface area contributed by atoms with Crippen LogP contribution >= 0.6 is 11.6 Å². The van der Waals surface area contributed by atoms with Crippen molar-refractivity contribution in [1.82, 2.24) is 26.0 Å². The Morgan fingerprint density at radius 3 is 2.30 bits per heavy atom. The third kappa shape index (κ3) is 7.71. The molecule has 2 aliphatic heterocycles. The van der Waals surface area contributed by atoms with Gasteiger partial charge in [-0.3, -0.25) is 29.4 Å². The van der Waals surface area contributed by atoms with E-state index in [0.29, 0.717) is 30.8 Å². The lowest BCUT2D eigenvalue weighted by Gasteiger charge is -2.33. The number of alkyl halides is 4. The first-order chi connectivity index (χ1) is 17.2. The number of hydrazine groups is 1. The zero-order valence-corrected chi connectivity index (χ0v) is 22.1. The van der Waals surface area contributed by atoms with Gasteiger partial charge in [0.15, 0.2) is 0 Å². The summed E-state index contributed by atoms with van der Waals surface area (Å²) in [5.74, 6) is -5.92. The van der Waals surface area contributed by atoms with Gasteiger partial charge in [0.05, 0.1) is 12.5 Å². The highest BCUT2D eigenvalue weighted by molar-refractivity contribution is 6.29. The molecule has 4 atom stereocenters. The molecule has 5 amide bonds. The van der Waals surface area contributed by atoms with Crippen LogP contribution in [0.1, 0.15) is 53.4 Å². The van der Waals surface area contributed by atoms with E-state index < -0.39 is 65.0 Å². The molecule has 0 aromatic carbocycles. The molecule has 0 aromatic rings. The number of hydrogen-bond donors (Lipinski definition) is 3. The Hall–Kier alpha value is -2.57. The van der Waals surface area contributed by atoms with Crippen molar-refractivity contribution in [2.75, 3.05) is 19.6 Å². The van der Waals surface area contributed by atoms with Crippen LogP contribution in [-0.2, 0) is 24.0 Å². The highest BCUT2D eigenvalue weighted by Crippen LogP contribution is 2.35. The number of rotatable bonds is 10. The molecule has 2 saturated heterocycles. The fraction of sp³-hybridized carbons (Fsp3) is 0.783. The summed E-state index contributed by atoms with van der Waals surface area (Å²) in [4.78, 5) is 64.2. The maximum absolute atomic E-state index is 13.7. The van der Waals surface area contributed by atoms with Crippen LogP contribution in [0.2, 0.25) is 0 Å². The number of amides is 5. The van der Waals surface area contributed by atoms with E-state index in [4.69, 9.17) is 11.6 Å². The number of carbonyl (C=O) groups excluding carboxylic acids is 5. The molecule has 0 aliphatic carbocycles. The first-order valence-corrected chi connectivity index (χ1v) is 12.7. The molecule has 2 aliphatic rings. The van der Waals surface area contributed by atoms with Crippen LogP contribution in [0, 0.1) is 17.3 Å². The third-order valence-corrected chi connectivity index (χ3v) is 7.04. The maximum atomic E-state index is 13.7. The van der Waals surface area contributed by atoms with E-state index in [2.05, 4.69) is 16.1 Å². The van der Waals surface area contributed by atoms with Crippen molar-refractivity contribution < 1.29 is 37.1 Å². The zero-order valence-electron chi connectivity index (χ0n) is 21.4. The van der Waals surface area contributed by atoms with Crippen LogP contribution in [0.15, 0.2) is 0 Å². The molecule has 0 saturated carbocycles. The van der Waals surface area contributed by atoms with Crippen LogP contribution in [0.3, 0.4) is 0 Å². The minimum absolute atomic E-state index is 0.0747. The highest BCUT2D eigenvalue weighted by atomic mass is 35.5. The normalized spacial score (nSPS) is 22.5. The molecule has 2 rings (SSSR count). The lowest BCUT2D eigenvalue weighted by atomic mass is 9.90. The summed E-state index contributed by atoms with van der Waals surface area (Å²) in [6.45, 7) is 7.21. The molecule has 2 unspecified atom stereocenters. The van der Waals surface area contributed by atoms with Gasteiger partial charge in [-0.15, -0.1) is 0 Å². The summed E-state index contributed by atoms with van der Waals surface area (Å²) in [6, 6.07) is -2.44. The number of nitrogens with one attached hydrogen (secondary N) is 3. The first-order valence-electron chi connectivity index (χ1n) is 12.3. The number of nitrogens with zero attached hydrogens (tertiary/aromatic N) is 2. The average Bonchev–Trinajstić information content (AvgIpc) is 3.38. The molecule has 3 N–H and O–H groups in total. The van der Waals surface area contributed by atoms with Crippen LogP contribution in [0.5, 0.6) is 0 Å². The van der Waals surface area contributed by atoms with Gasteiger partial charge < -0.3 is 15.5 Å². The van der Waals surface area contributed by atoms with E-state index in [1.807, 2.05) is 0 Å². The fourth-order valence-corrected chi connectivity index (χ4v) is 4.94. The lowest BCUT2D eigenvalue weighted by Crippen LogP contribution is -2.59. The molecule has 10 nitrogen and oxygen atoms in total. The van der Waals surface area contributed by atoms with E-state index in [1.165, 1.54) is 4.90 Å². The third-order valence-electron chi connectivity index (χ3n) is 6.85. The predicted molar refractivity (Wildman–Crippen MR) is 128 cm³/mol. The molecule has 0 spiro atoms. The Balaban J connectivity index is 2.31. The summed E-state index contributed by atoms with van der Waals surface area (Å²) in [5, 5.41) is 5.35. The summed E-state index contributed by atoms with van der Waals surface area (Å²) in [6.07, 6.45) is -2.00. The molecule has 210 valence electrons. The van der Waals surface area contributed by atoms with Crippen molar-refractivity contribution in [1.29, 1.82) is 0 Å². The molecule has 0 bridgehead atoms. The van der Waals surface area contributed by atoms with Gasteiger partial charge in [-0.1, -0.05) is 52.1 Å². The summed E-state index contributed by atoms with van der Waals surface area (Å²) in [5.41, 5.74) is -0.747. The molecule has 0 aromatic heterocycles. The topological polar surface area (TPSA) is 128 Å². The molecule has 2 fully saturated rings. The van der Waals surface area contributed by atoms with Crippen molar-refractivity contribution in [2.45, 2.75) is 77.5 Å². The van der Waals surface area contributed by atoms with Crippen molar-refractivity contribution in [2.24, 2.45) is 17.3 Å². The van der Waals surface area contributed by atoms with Crippen LogP contribution in [0.25, 0.3) is 0 Å². The van der Waals surface area contributed by atoms with Crippen molar-refractivity contribution >= 4 is 41.1 Å². The molecule has 2 heterocycles. The van der Waals surface area contributed by atoms with Crippen LogP contribution in [0.4, 0.5) is 13.2 Å². The number of carbonyl (C=O) groups is 5. The Morgan fingerprint density at radius 1 is 1.19 bits per heavy atom. The Bertz CT molecular complexity index is 887. The van der Waals surface area contributed by atoms with Crippen molar-refractivity contribution in [3.63, 3.8) is 0 Å². The monoisotopic (exact) mass is 553 g/mol. The van der Waals surface area contributed by atoms with Gasteiger partial charge in [0.2, 0.25) is 11.8 Å². The summed E-state index contributed by atoms with van der Waals surface area (Å²) < 4.78 is 39.7. The van der Waals surface area contributed by atoms with E-state index in [1.54, 1.807) is 27.7 Å². The second-order valence-corrected chi connectivity index (χ2v) is 10.6. The summed E-state index contributed by atoms with van der Waals surface area (Å²) >= 11 is 5.32. The largest absolute Gasteiger partial charge is 0.356 e. The van der Waals surface area contributed by atoms with E-state index in [9.17, 15) is 37.1 Å². The quantitative estimate of drug-likeness (QED) is 0.278. The second kappa shape index (κ2) is 12.8. The molecule has 0 radical (unpaired) electrons. The van der Waals surface area contributed by atoms with Gasteiger partial charge in [-0.05, 0) is 24.2 Å². The van der Waals surface area contributed by atoms with Crippen molar-refractivity contribution in [3.05, 3.63) is 0 Å². The average molecular weight is 554 g/mol. The van der Waals surface area contributed by atoms with Gasteiger partial charge in [-0.2, -0.15) is 8.78 Å². The fourth-order valence-electron chi connectivity index (χ4n) is 4.83. The Labute approximate surface area is 219 Å². The number of hydrogen-bond acceptors (Lipinski definition) is 5. The van der Waals surface area contributed by atoms with E-state index >= 15 is 0 Å². The highest BCUT2D eigenvalue weighted by Gasteiger charge is 2.47. The molecule has 37 heavy (non-hydrogen) atoms. The maximum Gasteiger partial charge on any atom is 0.315 e. The standard InChI is InChI=1S/C23H35ClF3N5O5/c1-5-12(6-2)15(29-20(35)17(26)27)21(36)31-11-23(3,4)9-14(31)19(34)30-32(22(37)16(24)25)10-13-7-8-28-18(13)33/h12-17H,5-11H2,1-4H3,(H,28,33)(H,29,35)(H,30,34)/t13-,14-,15?,16?/m0/s1. The minimum atomic E-state index is -3.32. The molecular weight excluding hydrogens is 519 g/mol. The van der Waals surface area contributed by atoms with Crippen molar-refractivity contribution in [3.8, 4) is 0 Å². The number of halogens is 4. The minimum Gasteiger partial charge on any atom is -0.356 e. The predicted octanol–water partition coefficient (Wildman–Crippen LogP) is 1.33. The van der Waals surface area contributed by atoms with Gasteiger partial charge in [0.25, 0.3) is 23.4 Å². The van der Waals surface area contributed by atoms with Crippen LogP contribution in [-0.4, -0.2) is 83.2 Å². The lowest BCUT2D eigenvalue weighted by molar-refractivity contribution is -0.150. The molecule has 14 heteroatoms. The SMILES string of the molecule is CCC(CC)C(NC(=O)C(F)F)C(=O)N1CC(C)(C)C[C@H]1C(=O)NN(C[C@@H]1CCNC1=O)C(=O)C(F)Cl. The number of likely N-dealkylation sites (tertiary alicyclic amines) is 1. The Kier molecular flexibility index (Phi) is 10.6. The second-order valence-electron chi connectivity index (χ2n) is 10.2. The van der Waals surface area contributed by atoms with Gasteiger partial charge in [0, 0.05) is 13.1 Å². The summed E-state index contributed by atoms with van der Waals surface area (Å²) in [7, 11) is 0. The Morgan fingerprint density at radius 2 is 1.81 bits per heavy atom. The van der Waals surface area contributed by atoms with E-state index in [0.717, 1.165) is 0 Å². The van der Waals surface area contributed by atoms with Crippen LogP contribution < -0.4 is 16.1 Å². The smallest absolute Gasteiger partial charge is 0.315 e. The van der Waals surface area contributed by atoms with E-state index in [-0.39, 0.29) is 25.4 Å². The van der Waals surface area contributed by atoms with Gasteiger partial charge in [0.1, 0.15) is 12.1 Å². The first kappa shape index (κ1) is 30.7. The molecular formula is C23H35ClF3N5O5.